The summed E-state index contributed by atoms with van der Waals surface area (Å²) in [5.74, 6) is 1.67. The Morgan fingerprint density at radius 3 is 2.90 bits per heavy atom. The van der Waals surface area contributed by atoms with Crippen LogP contribution < -0.4 is 0 Å². The summed E-state index contributed by atoms with van der Waals surface area (Å²) in [5, 5.41) is 14.1. The summed E-state index contributed by atoms with van der Waals surface area (Å²) in [5.41, 5.74) is 0.858. The van der Waals surface area contributed by atoms with Crippen molar-refractivity contribution in [1.82, 2.24) is 10.1 Å². The van der Waals surface area contributed by atoms with Crippen LogP contribution in [0.1, 0.15) is 29.8 Å². The molecular formula is C15H18N2O3. The lowest BCUT2D eigenvalue weighted by molar-refractivity contribution is 0.164. The molecule has 3 rings (SSSR count). The van der Waals surface area contributed by atoms with E-state index < -0.39 is 6.10 Å². The zero-order chi connectivity index (χ0) is 13.8. The van der Waals surface area contributed by atoms with Crippen molar-refractivity contribution in [3.8, 4) is 0 Å². The van der Waals surface area contributed by atoms with Gasteiger partial charge in [0.05, 0.1) is 12.5 Å². The van der Waals surface area contributed by atoms with E-state index in [9.17, 15) is 5.11 Å². The van der Waals surface area contributed by atoms with Gasteiger partial charge in [-0.15, -0.1) is 0 Å². The first-order chi connectivity index (χ1) is 9.81. The third-order valence-corrected chi connectivity index (χ3v) is 3.56. The van der Waals surface area contributed by atoms with Gasteiger partial charge in [-0.25, -0.2) is 0 Å². The van der Waals surface area contributed by atoms with E-state index in [0.29, 0.717) is 24.1 Å². The topological polar surface area (TPSA) is 68.4 Å². The quantitative estimate of drug-likeness (QED) is 0.902. The highest BCUT2D eigenvalue weighted by Gasteiger charge is 2.20. The first-order valence-corrected chi connectivity index (χ1v) is 6.93. The van der Waals surface area contributed by atoms with E-state index in [0.717, 1.165) is 31.6 Å². The van der Waals surface area contributed by atoms with Gasteiger partial charge in [-0.05, 0) is 17.9 Å². The van der Waals surface area contributed by atoms with Gasteiger partial charge in [0.1, 0.15) is 0 Å². The monoisotopic (exact) mass is 274 g/mol. The van der Waals surface area contributed by atoms with Crippen LogP contribution in [-0.4, -0.2) is 28.5 Å². The highest BCUT2D eigenvalue weighted by atomic mass is 16.5. The van der Waals surface area contributed by atoms with Crippen LogP contribution in [0.3, 0.4) is 0 Å². The van der Waals surface area contributed by atoms with E-state index in [1.165, 1.54) is 0 Å². The molecule has 2 atom stereocenters. The average Bonchev–Trinajstić information content (AvgIpc) is 3.12. The molecule has 2 aromatic rings. The van der Waals surface area contributed by atoms with Crippen LogP contribution in [0, 0.1) is 5.92 Å². The summed E-state index contributed by atoms with van der Waals surface area (Å²) >= 11 is 0. The van der Waals surface area contributed by atoms with Crippen molar-refractivity contribution < 1.29 is 14.4 Å². The maximum absolute atomic E-state index is 10.1. The Kier molecular flexibility index (Phi) is 4.08. The Balaban J connectivity index is 1.59. The Bertz CT molecular complexity index is 535. The zero-order valence-electron chi connectivity index (χ0n) is 11.2. The number of nitrogens with zero attached hydrogens (tertiary/aromatic N) is 2. The molecule has 1 aliphatic rings. The van der Waals surface area contributed by atoms with Crippen molar-refractivity contribution >= 4 is 0 Å². The number of aromatic nitrogens is 2. The fraction of sp³-hybridized carbons (Fsp3) is 0.467. The van der Waals surface area contributed by atoms with Gasteiger partial charge in [0, 0.05) is 19.6 Å². The van der Waals surface area contributed by atoms with Crippen LogP contribution in [0.15, 0.2) is 34.9 Å². The van der Waals surface area contributed by atoms with Crippen LogP contribution in [0.4, 0.5) is 0 Å². The minimum Gasteiger partial charge on any atom is -0.388 e. The molecule has 5 heteroatoms. The van der Waals surface area contributed by atoms with E-state index >= 15 is 0 Å². The lowest BCUT2D eigenvalue weighted by Crippen LogP contribution is -2.05. The molecule has 1 fully saturated rings. The van der Waals surface area contributed by atoms with Crippen molar-refractivity contribution in [2.45, 2.75) is 25.4 Å². The van der Waals surface area contributed by atoms with Crippen molar-refractivity contribution in [3.05, 3.63) is 47.6 Å². The van der Waals surface area contributed by atoms with Gasteiger partial charge in [0.2, 0.25) is 5.89 Å². The van der Waals surface area contributed by atoms with Crippen LogP contribution in [0.2, 0.25) is 0 Å². The Morgan fingerprint density at radius 1 is 1.30 bits per heavy atom. The van der Waals surface area contributed by atoms with Crippen molar-refractivity contribution in [1.29, 1.82) is 0 Å². The summed E-state index contributed by atoms with van der Waals surface area (Å²) in [6.45, 7) is 1.60. The molecule has 2 unspecified atom stereocenters. The minimum atomic E-state index is -0.612. The highest BCUT2D eigenvalue weighted by Crippen LogP contribution is 2.19. The van der Waals surface area contributed by atoms with E-state index in [1.807, 2.05) is 30.3 Å². The summed E-state index contributed by atoms with van der Waals surface area (Å²) in [7, 11) is 0. The van der Waals surface area contributed by atoms with Gasteiger partial charge in [-0.2, -0.15) is 4.98 Å². The van der Waals surface area contributed by atoms with E-state index in [2.05, 4.69) is 10.1 Å². The maximum Gasteiger partial charge on any atom is 0.229 e. The Labute approximate surface area is 117 Å². The third kappa shape index (κ3) is 3.23. The molecule has 5 nitrogen and oxygen atoms in total. The maximum atomic E-state index is 10.1. The summed E-state index contributed by atoms with van der Waals surface area (Å²) in [6, 6.07) is 9.50. The molecule has 1 N–H and O–H groups in total. The molecule has 0 amide bonds. The molecule has 1 aromatic heterocycles. The summed E-state index contributed by atoms with van der Waals surface area (Å²) in [6.07, 6.45) is 1.57. The van der Waals surface area contributed by atoms with Crippen molar-refractivity contribution in [2.75, 3.05) is 13.2 Å². The SMILES string of the molecule is OC(Cc1nc(CC2CCOC2)no1)c1ccccc1. The van der Waals surface area contributed by atoms with Crippen LogP contribution in [-0.2, 0) is 17.6 Å². The molecule has 0 radical (unpaired) electrons. The number of hydrogen-bond acceptors (Lipinski definition) is 5. The second-order valence-electron chi connectivity index (χ2n) is 5.17. The molecule has 1 aromatic carbocycles. The van der Waals surface area contributed by atoms with Crippen LogP contribution in [0.25, 0.3) is 0 Å². The molecule has 0 spiro atoms. The molecule has 0 saturated carbocycles. The van der Waals surface area contributed by atoms with Gasteiger partial charge >= 0.3 is 0 Å². The largest absolute Gasteiger partial charge is 0.388 e. The molecule has 106 valence electrons. The molecule has 1 saturated heterocycles. The smallest absolute Gasteiger partial charge is 0.229 e. The fourth-order valence-corrected chi connectivity index (χ4v) is 2.42. The fourth-order valence-electron chi connectivity index (χ4n) is 2.42. The molecule has 0 bridgehead atoms. The number of rotatable bonds is 5. The second kappa shape index (κ2) is 6.15. The van der Waals surface area contributed by atoms with E-state index in [-0.39, 0.29) is 0 Å². The predicted molar refractivity (Wildman–Crippen MR) is 72.0 cm³/mol. The van der Waals surface area contributed by atoms with E-state index in [1.54, 1.807) is 0 Å². The first kappa shape index (κ1) is 13.3. The third-order valence-electron chi connectivity index (χ3n) is 3.56. The van der Waals surface area contributed by atoms with Gasteiger partial charge < -0.3 is 14.4 Å². The zero-order valence-corrected chi connectivity index (χ0v) is 11.2. The van der Waals surface area contributed by atoms with Crippen LogP contribution in [0.5, 0.6) is 0 Å². The number of benzene rings is 1. The molecule has 0 aliphatic carbocycles. The first-order valence-electron chi connectivity index (χ1n) is 6.93. The van der Waals surface area contributed by atoms with Gasteiger partial charge in [0.15, 0.2) is 5.82 Å². The second-order valence-corrected chi connectivity index (χ2v) is 5.17. The van der Waals surface area contributed by atoms with Crippen molar-refractivity contribution in [2.24, 2.45) is 5.92 Å². The Morgan fingerprint density at radius 2 is 2.15 bits per heavy atom. The van der Waals surface area contributed by atoms with Crippen molar-refractivity contribution in [3.63, 3.8) is 0 Å². The van der Waals surface area contributed by atoms with Crippen LogP contribution >= 0.6 is 0 Å². The lowest BCUT2D eigenvalue weighted by atomic mass is 10.1. The number of ether oxygens (including phenoxy) is 1. The van der Waals surface area contributed by atoms with E-state index in [4.69, 9.17) is 9.26 Å². The number of aliphatic hydroxyl groups is 1. The summed E-state index contributed by atoms with van der Waals surface area (Å²) < 4.78 is 10.5. The lowest BCUT2D eigenvalue weighted by Gasteiger charge is -2.07. The number of aliphatic hydroxyl groups excluding tert-OH is 1. The van der Waals surface area contributed by atoms with Gasteiger partial charge in [0.25, 0.3) is 0 Å². The number of hydrogen-bond donors (Lipinski definition) is 1. The predicted octanol–water partition coefficient (Wildman–Crippen LogP) is 1.92. The molecule has 20 heavy (non-hydrogen) atoms. The molecule has 1 aliphatic heterocycles. The van der Waals surface area contributed by atoms with Gasteiger partial charge in [-0.1, -0.05) is 35.5 Å². The Hall–Kier alpha value is -1.72. The molecular weight excluding hydrogens is 256 g/mol. The highest BCUT2D eigenvalue weighted by molar-refractivity contribution is 5.18. The van der Waals surface area contributed by atoms with Gasteiger partial charge in [-0.3, -0.25) is 0 Å². The standard InChI is InChI=1S/C15H18N2O3/c18-13(12-4-2-1-3-5-12)9-15-16-14(17-20-15)8-11-6-7-19-10-11/h1-5,11,13,18H,6-10H2. The normalized spacial score (nSPS) is 20.1. The average molecular weight is 274 g/mol. The molecule has 2 heterocycles. The summed E-state index contributed by atoms with van der Waals surface area (Å²) in [4.78, 5) is 4.35. The minimum absolute atomic E-state index is 0.345.